The van der Waals surface area contributed by atoms with Crippen LogP contribution in [0, 0.1) is 5.82 Å². The topological polar surface area (TPSA) is 58.6 Å². The predicted octanol–water partition coefficient (Wildman–Crippen LogP) is 1.46. The van der Waals surface area contributed by atoms with E-state index in [1.807, 2.05) is 6.92 Å². The van der Waals surface area contributed by atoms with Gasteiger partial charge in [-0.05, 0) is 31.0 Å². The van der Waals surface area contributed by atoms with Crippen molar-refractivity contribution < 1.29 is 18.7 Å². The fraction of sp³-hybridized carbons (Fsp3) is 0.467. The highest BCUT2D eigenvalue weighted by Gasteiger charge is 2.41. The Morgan fingerprint density at radius 3 is 2.71 bits per heavy atom. The highest BCUT2D eigenvalue weighted by molar-refractivity contribution is 5.97. The van der Waals surface area contributed by atoms with Crippen molar-refractivity contribution in [2.24, 2.45) is 0 Å². The second kappa shape index (κ2) is 5.71. The summed E-state index contributed by atoms with van der Waals surface area (Å²) in [5.41, 5.74) is -0.268. The number of ether oxygens (including phenoxy) is 1. The van der Waals surface area contributed by atoms with Crippen LogP contribution in [0.2, 0.25) is 0 Å². The molecule has 1 saturated heterocycles. The molecule has 2 amide bonds. The summed E-state index contributed by atoms with van der Waals surface area (Å²) in [6.45, 7) is 3.73. The molecule has 1 atom stereocenters. The van der Waals surface area contributed by atoms with E-state index in [1.54, 1.807) is 13.0 Å². The summed E-state index contributed by atoms with van der Waals surface area (Å²) >= 11 is 0. The van der Waals surface area contributed by atoms with E-state index in [0.29, 0.717) is 12.0 Å². The summed E-state index contributed by atoms with van der Waals surface area (Å²) in [6, 6.07) is 4.52. The SMILES string of the molecule is CCC1(C)NC(=O)CN(Cc2ccc(OC)c(F)c2)C1=O. The number of nitrogens with one attached hydrogen (secondary N) is 1. The van der Waals surface area contributed by atoms with Crippen molar-refractivity contribution in [2.75, 3.05) is 13.7 Å². The first-order valence-electron chi connectivity index (χ1n) is 6.82. The summed E-state index contributed by atoms with van der Waals surface area (Å²) in [6.07, 6.45) is 0.505. The Morgan fingerprint density at radius 2 is 2.14 bits per heavy atom. The molecule has 0 spiro atoms. The summed E-state index contributed by atoms with van der Waals surface area (Å²) in [5, 5.41) is 2.71. The Bertz CT molecular complexity index is 576. The second-order valence-electron chi connectivity index (χ2n) is 5.36. The van der Waals surface area contributed by atoms with Gasteiger partial charge in [-0.1, -0.05) is 13.0 Å². The largest absolute Gasteiger partial charge is 0.494 e. The van der Waals surface area contributed by atoms with Crippen molar-refractivity contribution in [2.45, 2.75) is 32.4 Å². The molecule has 0 saturated carbocycles. The number of hydrogen-bond donors (Lipinski definition) is 1. The van der Waals surface area contributed by atoms with Gasteiger partial charge in [-0.25, -0.2) is 4.39 Å². The molecule has 1 aliphatic heterocycles. The molecule has 0 aromatic heterocycles. The fourth-order valence-electron chi connectivity index (χ4n) is 2.39. The first-order valence-corrected chi connectivity index (χ1v) is 6.82. The molecule has 1 heterocycles. The van der Waals surface area contributed by atoms with E-state index in [1.165, 1.54) is 24.1 Å². The van der Waals surface area contributed by atoms with Crippen molar-refractivity contribution in [3.05, 3.63) is 29.6 Å². The number of carbonyl (C=O) groups excluding carboxylic acids is 2. The Kier molecular flexibility index (Phi) is 4.16. The Hall–Kier alpha value is -2.11. The molecule has 1 aliphatic rings. The van der Waals surface area contributed by atoms with Crippen molar-refractivity contribution in [3.8, 4) is 5.75 Å². The zero-order valence-corrected chi connectivity index (χ0v) is 12.4. The third-order valence-electron chi connectivity index (χ3n) is 3.81. The van der Waals surface area contributed by atoms with Crippen LogP contribution in [0.5, 0.6) is 5.75 Å². The van der Waals surface area contributed by atoms with Gasteiger partial charge >= 0.3 is 0 Å². The second-order valence-corrected chi connectivity index (χ2v) is 5.36. The maximum Gasteiger partial charge on any atom is 0.248 e. The zero-order chi connectivity index (χ0) is 15.6. The highest BCUT2D eigenvalue weighted by Crippen LogP contribution is 2.22. The molecule has 2 rings (SSSR count). The summed E-state index contributed by atoms with van der Waals surface area (Å²) in [7, 11) is 1.39. The Morgan fingerprint density at radius 1 is 1.43 bits per heavy atom. The normalized spacial score (nSPS) is 22.2. The van der Waals surface area contributed by atoms with Gasteiger partial charge in [-0.15, -0.1) is 0 Å². The number of benzene rings is 1. The van der Waals surface area contributed by atoms with Crippen LogP contribution in [-0.4, -0.2) is 35.9 Å². The van der Waals surface area contributed by atoms with Crippen LogP contribution < -0.4 is 10.1 Å². The first kappa shape index (κ1) is 15.3. The number of amides is 2. The van der Waals surface area contributed by atoms with E-state index in [-0.39, 0.29) is 30.7 Å². The van der Waals surface area contributed by atoms with Crippen LogP contribution in [0.15, 0.2) is 18.2 Å². The number of piperazine rings is 1. The minimum Gasteiger partial charge on any atom is -0.494 e. The number of carbonyl (C=O) groups is 2. The van der Waals surface area contributed by atoms with Gasteiger partial charge < -0.3 is 15.0 Å². The molecule has 0 bridgehead atoms. The van der Waals surface area contributed by atoms with Crippen LogP contribution in [-0.2, 0) is 16.1 Å². The van der Waals surface area contributed by atoms with Gasteiger partial charge in [0.15, 0.2) is 11.6 Å². The standard InChI is InChI=1S/C15H19FN2O3/c1-4-15(2)14(20)18(9-13(19)17-15)8-10-5-6-12(21-3)11(16)7-10/h5-7H,4,8-9H2,1-3H3,(H,17,19). The summed E-state index contributed by atoms with van der Waals surface area (Å²) < 4.78 is 18.5. The monoisotopic (exact) mass is 294 g/mol. The molecular weight excluding hydrogens is 275 g/mol. The molecule has 6 heteroatoms. The van der Waals surface area contributed by atoms with E-state index in [4.69, 9.17) is 4.74 Å². The first-order chi connectivity index (χ1) is 9.89. The van der Waals surface area contributed by atoms with Gasteiger partial charge in [0.2, 0.25) is 11.8 Å². The maximum absolute atomic E-state index is 13.7. The van der Waals surface area contributed by atoms with Crippen molar-refractivity contribution in [1.82, 2.24) is 10.2 Å². The van der Waals surface area contributed by atoms with E-state index in [9.17, 15) is 14.0 Å². The molecular formula is C15H19FN2O3. The fourth-order valence-corrected chi connectivity index (χ4v) is 2.39. The minimum atomic E-state index is -0.889. The van der Waals surface area contributed by atoms with Crippen LogP contribution >= 0.6 is 0 Å². The average Bonchev–Trinajstić information content (AvgIpc) is 2.44. The zero-order valence-electron chi connectivity index (χ0n) is 12.4. The molecule has 1 aromatic carbocycles. The van der Waals surface area contributed by atoms with E-state index in [0.717, 1.165) is 0 Å². The van der Waals surface area contributed by atoms with Crippen molar-refractivity contribution >= 4 is 11.8 Å². The van der Waals surface area contributed by atoms with E-state index < -0.39 is 11.4 Å². The van der Waals surface area contributed by atoms with Crippen molar-refractivity contribution in [3.63, 3.8) is 0 Å². The van der Waals surface area contributed by atoms with Crippen LogP contribution in [0.3, 0.4) is 0 Å². The lowest BCUT2D eigenvalue weighted by molar-refractivity contribution is -0.149. The third-order valence-corrected chi connectivity index (χ3v) is 3.81. The molecule has 5 nitrogen and oxygen atoms in total. The lowest BCUT2D eigenvalue weighted by atomic mass is 9.94. The van der Waals surface area contributed by atoms with Gasteiger partial charge in [0.1, 0.15) is 5.54 Å². The van der Waals surface area contributed by atoms with Crippen molar-refractivity contribution in [1.29, 1.82) is 0 Å². The Balaban J connectivity index is 2.20. The van der Waals surface area contributed by atoms with E-state index >= 15 is 0 Å². The molecule has 114 valence electrons. The number of halogens is 1. The number of methoxy groups -OCH3 is 1. The number of hydrogen-bond acceptors (Lipinski definition) is 3. The molecule has 1 aromatic rings. The number of nitrogens with zero attached hydrogens (tertiary/aromatic N) is 1. The molecule has 0 radical (unpaired) electrons. The van der Waals surface area contributed by atoms with Gasteiger partial charge in [0.25, 0.3) is 0 Å². The van der Waals surface area contributed by atoms with Crippen LogP contribution in [0.1, 0.15) is 25.8 Å². The summed E-state index contributed by atoms with van der Waals surface area (Å²) in [5.74, 6) is -0.684. The average molecular weight is 294 g/mol. The molecule has 1 unspecified atom stereocenters. The highest BCUT2D eigenvalue weighted by atomic mass is 19.1. The summed E-state index contributed by atoms with van der Waals surface area (Å²) in [4.78, 5) is 25.6. The van der Waals surface area contributed by atoms with Gasteiger partial charge in [-0.2, -0.15) is 0 Å². The quantitative estimate of drug-likeness (QED) is 0.914. The van der Waals surface area contributed by atoms with Gasteiger partial charge in [0, 0.05) is 6.54 Å². The molecule has 1 fully saturated rings. The third kappa shape index (κ3) is 2.99. The van der Waals surface area contributed by atoms with Crippen LogP contribution in [0.4, 0.5) is 4.39 Å². The lowest BCUT2D eigenvalue weighted by Crippen LogP contribution is -2.64. The van der Waals surface area contributed by atoms with Crippen LogP contribution in [0.25, 0.3) is 0 Å². The van der Waals surface area contributed by atoms with Gasteiger partial charge in [-0.3, -0.25) is 9.59 Å². The minimum absolute atomic E-state index is 0.0118. The Labute approximate surface area is 123 Å². The lowest BCUT2D eigenvalue weighted by Gasteiger charge is -2.39. The smallest absolute Gasteiger partial charge is 0.248 e. The molecule has 21 heavy (non-hydrogen) atoms. The van der Waals surface area contributed by atoms with E-state index in [2.05, 4.69) is 5.32 Å². The maximum atomic E-state index is 13.7. The van der Waals surface area contributed by atoms with Gasteiger partial charge in [0.05, 0.1) is 13.7 Å². The molecule has 1 N–H and O–H groups in total. The number of rotatable bonds is 4. The predicted molar refractivity (Wildman–Crippen MR) is 75.2 cm³/mol. The molecule has 0 aliphatic carbocycles.